The maximum atomic E-state index is 10.1. The van der Waals surface area contributed by atoms with E-state index in [4.69, 9.17) is 4.74 Å². The highest BCUT2D eigenvalue weighted by Crippen LogP contribution is 2.41. The van der Waals surface area contributed by atoms with Crippen molar-refractivity contribution in [3.05, 3.63) is 41.5 Å². The molecule has 2 N–H and O–H groups in total. The monoisotopic (exact) mass is 244 g/mol. The average molecular weight is 244 g/mol. The molecule has 18 heavy (non-hydrogen) atoms. The van der Waals surface area contributed by atoms with Gasteiger partial charge in [-0.15, -0.1) is 0 Å². The fourth-order valence-corrected chi connectivity index (χ4v) is 1.97. The van der Waals surface area contributed by atoms with Gasteiger partial charge in [-0.25, -0.2) is 0 Å². The second-order valence-corrected chi connectivity index (χ2v) is 4.38. The van der Waals surface area contributed by atoms with Crippen LogP contribution in [-0.4, -0.2) is 17.3 Å². The molecule has 0 unspecified atom stereocenters. The van der Waals surface area contributed by atoms with Crippen LogP contribution in [0.15, 0.2) is 30.3 Å². The smallest absolute Gasteiger partial charge is 0.165 e. The van der Waals surface area contributed by atoms with Gasteiger partial charge in [0.2, 0.25) is 0 Å². The van der Waals surface area contributed by atoms with Crippen molar-refractivity contribution in [2.24, 2.45) is 0 Å². The quantitative estimate of drug-likeness (QED) is 0.851. The molecule has 0 aromatic heterocycles. The van der Waals surface area contributed by atoms with Crippen molar-refractivity contribution < 1.29 is 14.9 Å². The zero-order chi connectivity index (χ0) is 13.3. The molecular weight excluding hydrogens is 228 g/mol. The van der Waals surface area contributed by atoms with E-state index in [-0.39, 0.29) is 11.5 Å². The first kappa shape index (κ1) is 12.3. The van der Waals surface area contributed by atoms with Crippen LogP contribution in [-0.2, 0) is 0 Å². The molecule has 3 heteroatoms. The lowest BCUT2D eigenvalue weighted by Crippen LogP contribution is -1.89. The van der Waals surface area contributed by atoms with E-state index >= 15 is 0 Å². The zero-order valence-electron chi connectivity index (χ0n) is 10.7. The summed E-state index contributed by atoms with van der Waals surface area (Å²) in [6.45, 7) is 3.85. The van der Waals surface area contributed by atoms with Crippen molar-refractivity contribution in [1.29, 1.82) is 0 Å². The summed E-state index contributed by atoms with van der Waals surface area (Å²) in [5.41, 5.74) is 3.16. The van der Waals surface area contributed by atoms with Gasteiger partial charge in [0.05, 0.1) is 7.11 Å². The van der Waals surface area contributed by atoms with E-state index in [2.05, 4.69) is 0 Å². The number of hydrogen-bond donors (Lipinski definition) is 2. The number of aryl methyl sites for hydroxylation is 2. The van der Waals surface area contributed by atoms with Crippen LogP contribution in [0.5, 0.6) is 17.2 Å². The maximum Gasteiger partial charge on any atom is 0.165 e. The molecular formula is C15H16O3. The average Bonchev–Trinajstić information content (AvgIpc) is 2.35. The summed E-state index contributed by atoms with van der Waals surface area (Å²) in [6.07, 6.45) is 0. The first-order chi connectivity index (χ1) is 8.52. The van der Waals surface area contributed by atoms with Crippen LogP contribution >= 0.6 is 0 Å². The number of hydrogen-bond acceptors (Lipinski definition) is 3. The third-order valence-corrected chi connectivity index (χ3v) is 2.88. The molecule has 0 amide bonds. The minimum Gasteiger partial charge on any atom is -0.507 e. The van der Waals surface area contributed by atoms with Crippen molar-refractivity contribution in [3.63, 3.8) is 0 Å². The molecule has 2 aromatic rings. The van der Waals surface area contributed by atoms with Crippen LogP contribution in [0.25, 0.3) is 11.1 Å². The third kappa shape index (κ3) is 2.12. The van der Waals surface area contributed by atoms with Gasteiger partial charge in [-0.2, -0.15) is 0 Å². The third-order valence-electron chi connectivity index (χ3n) is 2.88. The molecule has 0 bridgehead atoms. The molecule has 0 radical (unpaired) electrons. The van der Waals surface area contributed by atoms with Gasteiger partial charge in [0.15, 0.2) is 11.5 Å². The molecule has 0 atom stereocenters. The highest BCUT2D eigenvalue weighted by molar-refractivity contribution is 5.78. The van der Waals surface area contributed by atoms with Gasteiger partial charge in [0.1, 0.15) is 5.75 Å². The summed E-state index contributed by atoms with van der Waals surface area (Å²) < 4.78 is 5.13. The highest BCUT2D eigenvalue weighted by atomic mass is 16.5. The maximum absolute atomic E-state index is 10.1. The van der Waals surface area contributed by atoms with E-state index in [1.54, 1.807) is 12.1 Å². The Labute approximate surface area is 106 Å². The van der Waals surface area contributed by atoms with Crippen LogP contribution in [0.4, 0.5) is 0 Å². The molecule has 0 spiro atoms. The van der Waals surface area contributed by atoms with E-state index in [1.165, 1.54) is 7.11 Å². The Kier molecular flexibility index (Phi) is 3.15. The number of aromatic hydroxyl groups is 2. The lowest BCUT2D eigenvalue weighted by molar-refractivity contribution is 0.374. The standard InChI is InChI=1S/C15H16O3/c1-9-4-5-13(16)11(6-9)12-7-10(2)8-14(18-3)15(12)17/h4-8,16-17H,1-3H3. The molecule has 0 aliphatic rings. The Morgan fingerprint density at radius 2 is 1.56 bits per heavy atom. The summed E-state index contributed by atoms with van der Waals surface area (Å²) in [6, 6.07) is 8.86. The topological polar surface area (TPSA) is 49.7 Å². The molecule has 2 aromatic carbocycles. The van der Waals surface area contributed by atoms with E-state index in [0.29, 0.717) is 16.9 Å². The summed E-state index contributed by atoms with van der Waals surface area (Å²) in [4.78, 5) is 0. The number of benzene rings is 2. The van der Waals surface area contributed by atoms with E-state index < -0.39 is 0 Å². The summed E-state index contributed by atoms with van der Waals surface area (Å²) in [5, 5.41) is 20.1. The molecule has 0 saturated heterocycles. The van der Waals surface area contributed by atoms with Gasteiger partial charge < -0.3 is 14.9 Å². The SMILES string of the molecule is COc1cc(C)cc(-c2cc(C)ccc2O)c1O. The van der Waals surface area contributed by atoms with Crippen LogP contribution in [0.3, 0.4) is 0 Å². The number of ether oxygens (including phenoxy) is 1. The van der Waals surface area contributed by atoms with Crippen molar-refractivity contribution in [2.45, 2.75) is 13.8 Å². The van der Waals surface area contributed by atoms with Crippen LogP contribution < -0.4 is 4.74 Å². The Bertz CT molecular complexity index is 589. The molecule has 0 aliphatic heterocycles. The number of rotatable bonds is 2. The van der Waals surface area contributed by atoms with E-state index in [1.807, 2.05) is 32.0 Å². The summed E-state index contributed by atoms with van der Waals surface area (Å²) in [7, 11) is 1.51. The lowest BCUT2D eigenvalue weighted by Gasteiger charge is -2.12. The number of phenolic OH excluding ortho intramolecular Hbond substituents is 2. The number of methoxy groups -OCH3 is 1. The van der Waals surface area contributed by atoms with Crippen LogP contribution in [0.1, 0.15) is 11.1 Å². The van der Waals surface area contributed by atoms with Gasteiger partial charge in [0, 0.05) is 11.1 Å². The molecule has 94 valence electrons. The van der Waals surface area contributed by atoms with Crippen molar-refractivity contribution in [3.8, 4) is 28.4 Å². The molecule has 0 saturated carbocycles. The predicted molar refractivity (Wildman–Crippen MR) is 71.2 cm³/mol. The zero-order valence-corrected chi connectivity index (χ0v) is 10.7. The minimum absolute atomic E-state index is 0.0454. The van der Waals surface area contributed by atoms with Crippen molar-refractivity contribution in [2.75, 3.05) is 7.11 Å². The minimum atomic E-state index is 0.0454. The van der Waals surface area contributed by atoms with Gasteiger partial charge in [0.25, 0.3) is 0 Å². The first-order valence-electron chi connectivity index (χ1n) is 5.70. The fraction of sp³-hybridized carbons (Fsp3) is 0.200. The highest BCUT2D eigenvalue weighted by Gasteiger charge is 2.14. The summed E-state index contributed by atoms with van der Waals surface area (Å²) >= 11 is 0. The van der Waals surface area contributed by atoms with Gasteiger partial charge in [-0.1, -0.05) is 11.6 Å². The molecule has 0 heterocycles. The second-order valence-electron chi connectivity index (χ2n) is 4.38. The Balaban J connectivity index is 2.70. The Hall–Kier alpha value is -2.16. The normalized spacial score (nSPS) is 10.4. The molecule has 0 fully saturated rings. The largest absolute Gasteiger partial charge is 0.507 e. The van der Waals surface area contributed by atoms with Gasteiger partial charge in [-0.05, 0) is 43.7 Å². The Morgan fingerprint density at radius 1 is 0.889 bits per heavy atom. The predicted octanol–water partition coefficient (Wildman–Crippen LogP) is 3.39. The molecule has 0 aliphatic carbocycles. The molecule has 2 rings (SSSR count). The molecule has 3 nitrogen and oxygen atoms in total. The summed E-state index contributed by atoms with van der Waals surface area (Å²) in [5.74, 6) is 0.596. The number of phenols is 2. The lowest BCUT2D eigenvalue weighted by atomic mass is 9.99. The van der Waals surface area contributed by atoms with Crippen molar-refractivity contribution >= 4 is 0 Å². The fourth-order valence-electron chi connectivity index (χ4n) is 1.97. The van der Waals surface area contributed by atoms with E-state index in [9.17, 15) is 10.2 Å². The van der Waals surface area contributed by atoms with Crippen molar-refractivity contribution in [1.82, 2.24) is 0 Å². The van der Waals surface area contributed by atoms with E-state index in [0.717, 1.165) is 11.1 Å². The van der Waals surface area contributed by atoms with Crippen LogP contribution in [0.2, 0.25) is 0 Å². The van der Waals surface area contributed by atoms with Crippen LogP contribution in [0, 0.1) is 13.8 Å². The Morgan fingerprint density at radius 3 is 2.22 bits per heavy atom. The van der Waals surface area contributed by atoms with Gasteiger partial charge >= 0.3 is 0 Å². The second kappa shape index (κ2) is 4.61. The van der Waals surface area contributed by atoms with Gasteiger partial charge in [-0.3, -0.25) is 0 Å². The first-order valence-corrected chi connectivity index (χ1v) is 5.70.